The zero-order valence-electron chi connectivity index (χ0n) is 18.4. The predicted molar refractivity (Wildman–Crippen MR) is 119 cm³/mol. The van der Waals surface area contributed by atoms with Crippen molar-refractivity contribution in [3.05, 3.63) is 33.1 Å². The van der Waals surface area contributed by atoms with Crippen LogP contribution in [0.15, 0.2) is 16.7 Å². The molecule has 1 saturated carbocycles. The van der Waals surface area contributed by atoms with E-state index in [9.17, 15) is 9.59 Å². The number of nitrogens with zero attached hydrogens (tertiary/aromatic N) is 3. The van der Waals surface area contributed by atoms with Crippen LogP contribution in [0, 0.1) is 26.7 Å². The summed E-state index contributed by atoms with van der Waals surface area (Å²) < 4.78 is 10.5. The van der Waals surface area contributed by atoms with Gasteiger partial charge in [0.2, 0.25) is 0 Å². The van der Waals surface area contributed by atoms with E-state index in [0.29, 0.717) is 53.7 Å². The Balaban J connectivity index is 1.72. The van der Waals surface area contributed by atoms with Crippen LogP contribution in [-0.4, -0.2) is 46.6 Å². The highest BCUT2D eigenvalue weighted by Gasteiger charge is 2.30. The first-order valence-electron chi connectivity index (χ1n) is 10.7. The summed E-state index contributed by atoms with van der Waals surface area (Å²) in [4.78, 5) is 34.3. The quantitative estimate of drug-likeness (QED) is 0.472. The SMILES string of the molecule is CCOC(=O)CCN(CC1CC1)C(=O)c1cc(-c2cc(C)sc2C)nc2onc(C)c12. The number of carbonyl (C=O) groups is 2. The molecule has 3 aromatic rings. The second-order valence-electron chi connectivity index (χ2n) is 8.08. The van der Waals surface area contributed by atoms with Gasteiger partial charge in [-0.3, -0.25) is 9.59 Å². The van der Waals surface area contributed by atoms with Gasteiger partial charge in [0, 0.05) is 28.4 Å². The van der Waals surface area contributed by atoms with Gasteiger partial charge in [-0.05, 0) is 58.6 Å². The maximum Gasteiger partial charge on any atom is 0.307 e. The summed E-state index contributed by atoms with van der Waals surface area (Å²) in [6.45, 7) is 8.99. The van der Waals surface area contributed by atoms with E-state index in [1.807, 2.05) is 19.9 Å². The Morgan fingerprint density at radius 1 is 1.26 bits per heavy atom. The second-order valence-corrected chi connectivity index (χ2v) is 9.54. The summed E-state index contributed by atoms with van der Waals surface area (Å²) in [7, 11) is 0. The number of carbonyl (C=O) groups excluding carboxylic acids is 2. The highest BCUT2D eigenvalue weighted by Crippen LogP contribution is 2.34. The lowest BCUT2D eigenvalue weighted by atomic mass is 10.0. The standard InChI is InChI=1S/C23H27N3O4S/c1-5-29-20(27)8-9-26(12-16-6-7-16)23(28)18-11-19(17-10-13(2)31-15(17)4)24-22-21(18)14(3)25-30-22/h10-11,16H,5-9,12H2,1-4H3. The second kappa shape index (κ2) is 8.78. The largest absolute Gasteiger partial charge is 0.466 e. The number of pyridine rings is 1. The lowest BCUT2D eigenvalue weighted by molar-refractivity contribution is -0.143. The van der Waals surface area contributed by atoms with Crippen molar-refractivity contribution in [2.75, 3.05) is 19.7 Å². The molecular formula is C23H27N3O4S. The van der Waals surface area contributed by atoms with E-state index in [1.165, 1.54) is 4.88 Å². The molecule has 1 aliphatic rings. The molecule has 0 atom stereocenters. The molecule has 1 fully saturated rings. The average molecular weight is 442 g/mol. The van der Waals surface area contributed by atoms with Crippen molar-refractivity contribution in [1.82, 2.24) is 15.0 Å². The van der Waals surface area contributed by atoms with Crippen LogP contribution in [0.3, 0.4) is 0 Å². The minimum absolute atomic E-state index is 0.124. The maximum atomic E-state index is 13.7. The minimum atomic E-state index is -0.290. The number of rotatable bonds is 8. The van der Waals surface area contributed by atoms with Gasteiger partial charge in [-0.2, -0.15) is 0 Å². The number of hydrogen-bond donors (Lipinski definition) is 0. The molecule has 3 heterocycles. The van der Waals surface area contributed by atoms with E-state index >= 15 is 0 Å². The van der Waals surface area contributed by atoms with Gasteiger partial charge in [-0.25, -0.2) is 4.98 Å². The molecule has 0 aromatic carbocycles. The van der Waals surface area contributed by atoms with Gasteiger partial charge < -0.3 is 14.2 Å². The number of esters is 1. The Morgan fingerprint density at radius 3 is 2.68 bits per heavy atom. The monoisotopic (exact) mass is 441 g/mol. The predicted octanol–water partition coefficient (Wildman–Crippen LogP) is 4.68. The van der Waals surface area contributed by atoms with Gasteiger partial charge in [0.15, 0.2) is 0 Å². The van der Waals surface area contributed by atoms with Crippen LogP contribution in [0.4, 0.5) is 0 Å². The van der Waals surface area contributed by atoms with Gasteiger partial charge >= 0.3 is 5.97 Å². The average Bonchev–Trinajstić information content (AvgIpc) is 3.39. The Kier molecular flexibility index (Phi) is 6.09. The third kappa shape index (κ3) is 4.63. The Morgan fingerprint density at radius 2 is 2.03 bits per heavy atom. The van der Waals surface area contributed by atoms with E-state index in [4.69, 9.17) is 9.26 Å². The molecule has 8 heteroatoms. The van der Waals surface area contributed by atoms with Crippen LogP contribution in [0.25, 0.3) is 22.4 Å². The zero-order chi connectivity index (χ0) is 22.1. The molecule has 0 bridgehead atoms. The van der Waals surface area contributed by atoms with Gasteiger partial charge in [0.25, 0.3) is 11.6 Å². The summed E-state index contributed by atoms with van der Waals surface area (Å²) in [5.41, 5.74) is 3.20. The van der Waals surface area contributed by atoms with Crippen molar-refractivity contribution in [3.8, 4) is 11.3 Å². The molecule has 1 amide bonds. The van der Waals surface area contributed by atoms with Crippen molar-refractivity contribution >= 4 is 34.3 Å². The summed E-state index contributed by atoms with van der Waals surface area (Å²) >= 11 is 1.69. The number of aryl methyl sites for hydroxylation is 3. The molecule has 0 spiro atoms. The fraction of sp³-hybridized carbons (Fsp3) is 0.478. The Bertz CT molecular complexity index is 1130. The first-order chi connectivity index (χ1) is 14.9. The lowest BCUT2D eigenvalue weighted by Crippen LogP contribution is -2.35. The molecule has 31 heavy (non-hydrogen) atoms. The molecule has 0 N–H and O–H groups in total. The number of hydrogen-bond acceptors (Lipinski definition) is 7. The summed E-state index contributed by atoms with van der Waals surface area (Å²) in [5.74, 6) is 0.0798. The molecule has 4 rings (SSSR count). The van der Waals surface area contributed by atoms with Crippen LogP contribution in [-0.2, 0) is 9.53 Å². The van der Waals surface area contributed by atoms with Crippen molar-refractivity contribution in [2.45, 2.75) is 47.0 Å². The summed E-state index contributed by atoms with van der Waals surface area (Å²) in [6, 6.07) is 3.92. The molecule has 7 nitrogen and oxygen atoms in total. The smallest absolute Gasteiger partial charge is 0.307 e. The molecular weight excluding hydrogens is 414 g/mol. The first-order valence-corrected chi connectivity index (χ1v) is 11.5. The highest BCUT2D eigenvalue weighted by molar-refractivity contribution is 7.12. The highest BCUT2D eigenvalue weighted by atomic mass is 32.1. The van der Waals surface area contributed by atoms with Crippen molar-refractivity contribution in [3.63, 3.8) is 0 Å². The number of thiophene rings is 1. The van der Waals surface area contributed by atoms with Crippen molar-refractivity contribution < 1.29 is 18.8 Å². The normalized spacial score (nSPS) is 13.5. The molecule has 164 valence electrons. The van der Waals surface area contributed by atoms with E-state index in [0.717, 1.165) is 23.3 Å². The zero-order valence-corrected chi connectivity index (χ0v) is 19.2. The van der Waals surface area contributed by atoms with E-state index < -0.39 is 0 Å². The van der Waals surface area contributed by atoms with Gasteiger partial charge in [-0.15, -0.1) is 11.3 Å². The Hall–Kier alpha value is -2.74. The van der Waals surface area contributed by atoms with Gasteiger partial charge in [0.05, 0.1) is 35.4 Å². The lowest BCUT2D eigenvalue weighted by Gasteiger charge is -2.23. The molecule has 0 unspecified atom stereocenters. The molecule has 0 radical (unpaired) electrons. The summed E-state index contributed by atoms with van der Waals surface area (Å²) in [5, 5.41) is 4.69. The summed E-state index contributed by atoms with van der Waals surface area (Å²) in [6.07, 6.45) is 2.40. The van der Waals surface area contributed by atoms with E-state index in [-0.39, 0.29) is 18.3 Å². The van der Waals surface area contributed by atoms with E-state index in [1.54, 1.807) is 23.2 Å². The number of ether oxygens (including phenoxy) is 1. The van der Waals surface area contributed by atoms with Crippen molar-refractivity contribution in [1.29, 1.82) is 0 Å². The molecule has 3 aromatic heterocycles. The third-order valence-electron chi connectivity index (χ3n) is 5.52. The van der Waals surface area contributed by atoms with Crippen molar-refractivity contribution in [2.24, 2.45) is 5.92 Å². The minimum Gasteiger partial charge on any atom is -0.466 e. The topological polar surface area (TPSA) is 85.5 Å². The molecule has 0 aliphatic heterocycles. The van der Waals surface area contributed by atoms with Crippen LogP contribution in [0.2, 0.25) is 0 Å². The Labute approximate surface area is 185 Å². The van der Waals surface area contributed by atoms with E-state index in [2.05, 4.69) is 23.1 Å². The number of amides is 1. The fourth-order valence-corrected chi connectivity index (χ4v) is 4.74. The third-order valence-corrected chi connectivity index (χ3v) is 6.48. The number of fused-ring (bicyclic) bond motifs is 1. The van der Waals surface area contributed by atoms with Crippen LogP contribution >= 0.6 is 11.3 Å². The molecule has 0 saturated heterocycles. The van der Waals surface area contributed by atoms with Crippen LogP contribution in [0.5, 0.6) is 0 Å². The van der Waals surface area contributed by atoms with Crippen LogP contribution in [0.1, 0.15) is 52.0 Å². The molecule has 1 aliphatic carbocycles. The van der Waals surface area contributed by atoms with Crippen LogP contribution < -0.4 is 0 Å². The first kappa shape index (κ1) is 21.5. The fourth-order valence-electron chi connectivity index (χ4n) is 3.80. The number of aromatic nitrogens is 2. The maximum absolute atomic E-state index is 13.7. The van der Waals surface area contributed by atoms with Gasteiger partial charge in [0.1, 0.15) is 0 Å². The van der Waals surface area contributed by atoms with Gasteiger partial charge in [-0.1, -0.05) is 5.16 Å².